The molecule has 3 nitrogen and oxygen atoms in total. The van der Waals surface area contributed by atoms with E-state index in [9.17, 15) is 0 Å². The molecule has 0 aliphatic carbocycles. The van der Waals surface area contributed by atoms with Gasteiger partial charge >= 0.3 is 60.3 Å². The van der Waals surface area contributed by atoms with Gasteiger partial charge in [-0.25, -0.2) is 0 Å². The molecular weight excluding hydrogens is 144 g/mol. The third kappa shape index (κ3) is 2.24. The predicted octanol–water partition coefficient (Wildman–Crippen LogP) is 0.0837. The Morgan fingerprint density at radius 3 is 1.25 bits per heavy atom. The van der Waals surface area contributed by atoms with Gasteiger partial charge in [0, 0.05) is 0 Å². The van der Waals surface area contributed by atoms with Gasteiger partial charge in [-0.1, -0.05) is 0 Å². The van der Waals surface area contributed by atoms with Crippen LogP contribution < -0.4 is 0 Å². The Morgan fingerprint density at radius 1 is 1.00 bits per heavy atom. The third-order valence-electron chi connectivity index (χ3n) is 0.806. The second-order valence-corrected chi connectivity index (χ2v) is 2.12. The van der Waals surface area contributed by atoms with Crippen molar-refractivity contribution in [1.29, 1.82) is 0 Å². The van der Waals surface area contributed by atoms with Gasteiger partial charge in [0.1, 0.15) is 0 Å². The van der Waals surface area contributed by atoms with E-state index in [1.54, 1.807) is 20.4 Å². The van der Waals surface area contributed by atoms with Crippen molar-refractivity contribution in [3.05, 3.63) is 0 Å². The molecule has 0 N–H and O–H groups in total. The summed E-state index contributed by atoms with van der Waals surface area (Å²) in [6.45, 7) is 0. The second-order valence-electron chi connectivity index (χ2n) is 1.17. The number of ether oxygens (including phenoxy) is 3. The van der Waals surface area contributed by atoms with Crippen LogP contribution in [-0.2, 0) is 34.6 Å². The summed E-state index contributed by atoms with van der Waals surface area (Å²) in [6.07, 6.45) is 0. The molecule has 0 saturated carbocycles. The first-order valence-corrected chi connectivity index (χ1v) is 2.87. The zero-order valence-corrected chi connectivity index (χ0v) is 6.79. The SMILES string of the molecule is CO[C]([Ti])(OC)OC. The molecule has 8 heavy (non-hydrogen) atoms. The van der Waals surface area contributed by atoms with Crippen molar-refractivity contribution in [2.75, 3.05) is 21.3 Å². The van der Waals surface area contributed by atoms with E-state index in [-0.39, 0.29) is 0 Å². The summed E-state index contributed by atoms with van der Waals surface area (Å²) in [5.74, 6) is 0. The van der Waals surface area contributed by atoms with Crippen molar-refractivity contribution < 1.29 is 34.6 Å². The van der Waals surface area contributed by atoms with E-state index < -0.39 is 4.28 Å². The molecule has 0 fully saturated rings. The van der Waals surface area contributed by atoms with Crippen molar-refractivity contribution in [3.63, 3.8) is 0 Å². The maximum atomic E-state index is 4.79. The van der Waals surface area contributed by atoms with E-state index in [1.165, 1.54) is 21.3 Å². The van der Waals surface area contributed by atoms with Crippen LogP contribution in [0.1, 0.15) is 0 Å². The Kier molecular flexibility index (Phi) is 3.85. The Morgan fingerprint density at radius 2 is 1.25 bits per heavy atom. The summed E-state index contributed by atoms with van der Waals surface area (Å²) in [4.78, 5) is 0. The van der Waals surface area contributed by atoms with Crippen LogP contribution in [0.3, 0.4) is 0 Å². The van der Waals surface area contributed by atoms with E-state index >= 15 is 0 Å². The maximum absolute atomic E-state index is 4.79. The van der Waals surface area contributed by atoms with Crippen LogP contribution >= 0.6 is 0 Å². The van der Waals surface area contributed by atoms with Gasteiger partial charge < -0.3 is 0 Å². The van der Waals surface area contributed by atoms with E-state index in [1.807, 2.05) is 0 Å². The molecule has 0 spiro atoms. The average molecular weight is 153 g/mol. The quantitative estimate of drug-likeness (QED) is 0.424. The molecule has 0 saturated heterocycles. The van der Waals surface area contributed by atoms with Crippen molar-refractivity contribution in [2.24, 2.45) is 0 Å². The van der Waals surface area contributed by atoms with E-state index in [4.69, 9.17) is 14.2 Å². The molecule has 0 unspecified atom stereocenters. The zero-order valence-electron chi connectivity index (χ0n) is 5.22. The van der Waals surface area contributed by atoms with Crippen molar-refractivity contribution >= 4 is 0 Å². The number of methoxy groups -OCH3 is 3. The van der Waals surface area contributed by atoms with Crippen LogP contribution in [0.5, 0.6) is 0 Å². The first kappa shape index (κ1) is 8.59. The minimum absolute atomic E-state index is 0.875. The van der Waals surface area contributed by atoms with Crippen molar-refractivity contribution in [3.8, 4) is 0 Å². The molecule has 0 aliphatic rings. The summed E-state index contributed by atoms with van der Waals surface area (Å²) in [7, 11) is 4.56. The standard InChI is InChI=1S/C4H9O3.Ti/c1-5-4(6-2)7-3;/h1-3H3;. The topological polar surface area (TPSA) is 27.7 Å². The molecule has 0 radical (unpaired) electrons. The summed E-state index contributed by atoms with van der Waals surface area (Å²) in [5, 5.41) is 0. The fourth-order valence-corrected chi connectivity index (χ4v) is 0.250. The predicted molar refractivity (Wildman–Crippen MR) is 23.8 cm³/mol. The summed E-state index contributed by atoms with van der Waals surface area (Å²) < 4.78 is 13.5. The van der Waals surface area contributed by atoms with Gasteiger partial charge in [-0.3, -0.25) is 0 Å². The Bertz CT molecular complexity index is 54.0. The van der Waals surface area contributed by atoms with Crippen molar-refractivity contribution in [2.45, 2.75) is 4.28 Å². The molecule has 0 aromatic carbocycles. The van der Waals surface area contributed by atoms with Gasteiger partial charge in [0.25, 0.3) is 0 Å². The normalized spacial score (nSPS) is 11.8. The Balaban J connectivity index is 3.58. The van der Waals surface area contributed by atoms with Crippen LogP contribution in [0.2, 0.25) is 0 Å². The Hall–Kier alpha value is 0.594. The van der Waals surface area contributed by atoms with Crippen LogP contribution in [0.4, 0.5) is 0 Å². The monoisotopic (exact) mass is 153 g/mol. The van der Waals surface area contributed by atoms with Gasteiger partial charge in [-0.05, 0) is 0 Å². The number of hydrogen-bond donors (Lipinski definition) is 0. The van der Waals surface area contributed by atoms with Gasteiger partial charge in [-0.2, -0.15) is 0 Å². The molecule has 0 bridgehead atoms. The fraction of sp³-hybridized carbons (Fsp3) is 1.00. The second kappa shape index (κ2) is 3.59. The summed E-state index contributed by atoms with van der Waals surface area (Å²) in [5.41, 5.74) is 0. The molecule has 0 aromatic heterocycles. The molecular formula is C4H9O3Ti. The van der Waals surface area contributed by atoms with E-state index in [2.05, 4.69) is 0 Å². The molecule has 0 aromatic rings. The molecule has 47 valence electrons. The molecule has 0 atom stereocenters. The van der Waals surface area contributed by atoms with Crippen LogP contribution in [0.25, 0.3) is 0 Å². The summed E-state index contributed by atoms with van der Waals surface area (Å²) in [6, 6.07) is 0. The third-order valence-corrected chi connectivity index (χ3v) is 1.76. The van der Waals surface area contributed by atoms with Gasteiger partial charge in [0.05, 0.1) is 0 Å². The fourth-order valence-electron chi connectivity index (χ4n) is 0.250. The minimum atomic E-state index is -0.875. The molecule has 0 heterocycles. The van der Waals surface area contributed by atoms with Crippen molar-refractivity contribution in [1.82, 2.24) is 0 Å². The summed E-state index contributed by atoms with van der Waals surface area (Å²) >= 11 is 1.69. The number of rotatable bonds is 3. The van der Waals surface area contributed by atoms with E-state index in [0.29, 0.717) is 0 Å². The molecule has 0 amide bonds. The first-order chi connectivity index (χ1) is 3.68. The zero-order chi connectivity index (χ0) is 6.62. The Labute approximate surface area is 60.7 Å². The van der Waals surface area contributed by atoms with Crippen LogP contribution in [0.15, 0.2) is 0 Å². The van der Waals surface area contributed by atoms with Gasteiger partial charge in [0.15, 0.2) is 0 Å². The van der Waals surface area contributed by atoms with E-state index in [0.717, 1.165) is 0 Å². The average Bonchev–Trinajstić information content (AvgIpc) is 1.87. The molecule has 0 aliphatic heterocycles. The first-order valence-electron chi connectivity index (χ1n) is 2.09. The van der Waals surface area contributed by atoms with Crippen LogP contribution in [0, 0.1) is 0 Å². The van der Waals surface area contributed by atoms with Gasteiger partial charge in [0.2, 0.25) is 0 Å². The molecule has 4 heteroatoms. The van der Waals surface area contributed by atoms with Gasteiger partial charge in [-0.15, -0.1) is 0 Å². The van der Waals surface area contributed by atoms with Crippen LogP contribution in [-0.4, -0.2) is 25.6 Å². The molecule has 0 rings (SSSR count). The number of hydrogen-bond acceptors (Lipinski definition) is 3.